The van der Waals surface area contributed by atoms with Crippen LogP contribution in [0.4, 0.5) is 0 Å². The van der Waals surface area contributed by atoms with Crippen LogP contribution in [0.3, 0.4) is 0 Å². The van der Waals surface area contributed by atoms with Crippen molar-refractivity contribution in [2.45, 2.75) is 26.2 Å². The van der Waals surface area contributed by atoms with Gasteiger partial charge in [-0.1, -0.05) is 26.0 Å². The summed E-state index contributed by atoms with van der Waals surface area (Å²) in [4.78, 5) is 0. The molecule has 1 aromatic rings. The van der Waals surface area contributed by atoms with Gasteiger partial charge in [-0.2, -0.15) is 0 Å². The zero-order chi connectivity index (χ0) is 13.4. The predicted molar refractivity (Wildman–Crippen MR) is 75.4 cm³/mol. The molecule has 3 heteroatoms. The van der Waals surface area contributed by atoms with Crippen molar-refractivity contribution < 1.29 is 9.47 Å². The Labute approximate surface area is 110 Å². The highest BCUT2D eigenvalue weighted by atomic mass is 16.5. The average molecular weight is 251 g/mol. The lowest BCUT2D eigenvalue weighted by Crippen LogP contribution is -2.34. The molecular formula is C15H25NO2. The molecule has 0 bridgehead atoms. The molecule has 0 spiro atoms. The quantitative estimate of drug-likeness (QED) is 0.720. The molecule has 0 aliphatic carbocycles. The van der Waals surface area contributed by atoms with Crippen LogP contribution in [0.5, 0.6) is 5.75 Å². The molecule has 0 aliphatic rings. The molecular weight excluding hydrogens is 226 g/mol. The standard InChI is InChI=1S/C15H25NO2/c1-5-18-14-8-6-13(7-9-14)15(2,3)12-16-10-11-17-4/h6-9,16H,5,10-12H2,1-4H3. The third kappa shape index (κ3) is 4.67. The normalized spacial score (nSPS) is 11.6. The van der Waals surface area contributed by atoms with Crippen molar-refractivity contribution in [3.8, 4) is 5.75 Å². The molecule has 0 unspecified atom stereocenters. The van der Waals surface area contributed by atoms with Crippen LogP contribution in [-0.4, -0.2) is 33.4 Å². The number of hydrogen-bond donors (Lipinski definition) is 1. The number of hydrogen-bond acceptors (Lipinski definition) is 3. The summed E-state index contributed by atoms with van der Waals surface area (Å²) in [6.07, 6.45) is 0. The van der Waals surface area contributed by atoms with E-state index in [0.29, 0.717) is 6.61 Å². The summed E-state index contributed by atoms with van der Waals surface area (Å²) in [5.74, 6) is 0.935. The van der Waals surface area contributed by atoms with Crippen LogP contribution in [0.25, 0.3) is 0 Å². The maximum absolute atomic E-state index is 5.45. The molecule has 0 aliphatic heterocycles. The van der Waals surface area contributed by atoms with Gasteiger partial charge in [0.25, 0.3) is 0 Å². The van der Waals surface area contributed by atoms with Crippen molar-refractivity contribution in [2.24, 2.45) is 0 Å². The summed E-state index contributed by atoms with van der Waals surface area (Å²) < 4.78 is 10.5. The maximum atomic E-state index is 5.45. The van der Waals surface area contributed by atoms with E-state index in [-0.39, 0.29) is 5.41 Å². The van der Waals surface area contributed by atoms with Crippen LogP contribution in [0, 0.1) is 0 Å². The number of nitrogens with one attached hydrogen (secondary N) is 1. The molecule has 0 fully saturated rings. The van der Waals surface area contributed by atoms with Gasteiger partial charge < -0.3 is 14.8 Å². The summed E-state index contributed by atoms with van der Waals surface area (Å²) >= 11 is 0. The first-order valence-corrected chi connectivity index (χ1v) is 6.53. The minimum Gasteiger partial charge on any atom is -0.494 e. The average Bonchev–Trinajstić information content (AvgIpc) is 2.36. The molecule has 102 valence electrons. The molecule has 1 aromatic carbocycles. The fraction of sp³-hybridized carbons (Fsp3) is 0.600. The van der Waals surface area contributed by atoms with E-state index in [1.807, 2.05) is 19.1 Å². The van der Waals surface area contributed by atoms with Crippen molar-refractivity contribution >= 4 is 0 Å². The second kappa shape index (κ2) is 7.39. The van der Waals surface area contributed by atoms with E-state index in [2.05, 4.69) is 31.3 Å². The molecule has 0 saturated carbocycles. The van der Waals surface area contributed by atoms with E-state index in [1.54, 1.807) is 7.11 Å². The van der Waals surface area contributed by atoms with E-state index in [4.69, 9.17) is 9.47 Å². The van der Waals surface area contributed by atoms with Crippen LogP contribution >= 0.6 is 0 Å². The Balaban J connectivity index is 2.54. The lowest BCUT2D eigenvalue weighted by atomic mass is 9.84. The molecule has 0 saturated heterocycles. The molecule has 0 heterocycles. The highest BCUT2D eigenvalue weighted by Gasteiger charge is 2.19. The topological polar surface area (TPSA) is 30.5 Å². The Bertz CT molecular complexity index is 333. The summed E-state index contributed by atoms with van der Waals surface area (Å²) in [5, 5.41) is 3.41. The van der Waals surface area contributed by atoms with Gasteiger partial charge in [-0.05, 0) is 24.6 Å². The van der Waals surface area contributed by atoms with Crippen LogP contribution in [-0.2, 0) is 10.2 Å². The van der Waals surface area contributed by atoms with Crippen molar-refractivity contribution in [1.29, 1.82) is 0 Å². The van der Waals surface area contributed by atoms with Crippen molar-refractivity contribution in [3.05, 3.63) is 29.8 Å². The predicted octanol–water partition coefficient (Wildman–Crippen LogP) is 2.60. The van der Waals surface area contributed by atoms with Crippen molar-refractivity contribution in [2.75, 3.05) is 33.4 Å². The second-order valence-corrected chi connectivity index (χ2v) is 5.01. The number of methoxy groups -OCH3 is 1. The summed E-state index contributed by atoms with van der Waals surface area (Å²) in [6.45, 7) is 9.75. The third-order valence-electron chi connectivity index (χ3n) is 3.00. The SMILES string of the molecule is CCOc1ccc(C(C)(C)CNCCOC)cc1. The van der Waals surface area contributed by atoms with E-state index < -0.39 is 0 Å². The third-order valence-corrected chi connectivity index (χ3v) is 3.00. The van der Waals surface area contributed by atoms with Gasteiger partial charge in [-0.15, -0.1) is 0 Å². The lowest BCUT2D eigenvalue weighted by Gasteiger charge is -2.26. The largest absolute Gasteiger partial charge is 0.494 e. The number of ether oxygens (including phenoxy) is 2. The van der Waals surface area contributed by atoms with Gasteiger partial charge in [-0.3, -0.25) is 0 Å². The minimum atomic E-state index is 0.110. The summed E-state index contributed by atoms with van der Waals surface area (Å²) in [6, 6.07) is 8.36. The number of rotatable bonds is 8. The zero-order valence-electron chi connectivity index (χ0n) is 12.0. The molecule has 0 atom stereocenters. The van der Waals surface area contributed by atoms with Crippen LogP contribution in [0.1, 0.15) is 26.3 Å². The van der Waals surface area contributed by atoms with E-state index in [9.17, 15) is 0 Å². The van der Waals surface area contributed by atoms with Crippen LogP contribution in [0.2, 0.25) is 0 Å². The second-order valence-electron chi connectivity index (χ2n) is 5.01. The van der Waals surface area contributed by atoms with Gasteiger partial charge in [0.1, 0.15) is 5.75 Å². The fourth-order valence-corrected chi connectivity index (χ4v) is 1.85. The first kappa shape index (κ1) is 15.0. The highest BCUT2D eigenvalue weighted by Crippen LogP contribution is 2.24. The summed E-state index contributed by atoms with van der Waals surface area (Å²) in [7, 11) is 1.72. The Morgan fingerprint density at radius 1 is 1.17 bits per heavy atom. The molecule has 3 nitrogen and oxygen atoms in total. The van der Waals surface area contributed by atoms with Gasteiger partial charge in [0, 0.05) is 25.6 Å². The molecule has 1 rings (SSSR count). The Kier molecular flexibility index (Phi) is 6.16. The fourth-order valence-electron chi connectivity index (χ4n) is 1.85. The molecule has 0 aromatic heterocycles. The van der Waals surface area contributed by atoms with Gasteiger partial charge >= 0.3 is 0 Å². The van der Waals surface area contributed by atoms with Crippen molar-refractivity contribution in [3.63, 3.8) is 0 Å². The van der Waals surface area contributed by atoms with Gasteiger partial charge in [0.2, 0.25) is 0 Å². The Morgan fingerprint density at radius 3 is 2.39 bits per heavy atom. The number of benzene rings is 1. The zero-order valence-corrected chi connectivity index (χ0v) is 12.0. The first-order chi connectivity index (χ1) is 8.60. The molecule has 1 N–H and O–H groups in total. The Hall–Kier alpha value is -1.06. The van der Waals surface area contributed by atoms with Crippen LogP contribution in [0.15, 0.2) is 24.3 Å². The highest BCUT2D eigenvalue weighted by molar-refractivity contribution is 5.31. The van der Waals surface area contributed by atoms with E-state index in [0.717, 1.165) is 25.4 Å². The van der Waals surface area contributed by atoms with E-state index >= 15 is 0 Å². The van der Waals surface area contributed by atoms with Gasteiger partial charge in [-0.25, -0.2) is 0 Å². The molecule has 18 heavy (non-hydrogen) atoms. The van der Waals surface area contributed by atoms with Crippen molar-refractivity contribution in [1.82, 2.24) is 5.32 Å². The molecule has 0 amide bonds. The minimum absolute atomic E-state index is 0.110. The maximum Gasteiger partial charge on any atom is 0.119 e. The lowest BCUT2D eigenvalue weighted by molar-refractivity contribution is 0.197. The van der Waals surface area contributed by atoms with Crippen LogP contribution < -0.4 is 10.1 Å². The van der Waals surface area contributed by atoms with Gasteiger partial charge in [0.15, 0.2) is 0 Å². The smallest absolute Gasteiger partial charge is 0.119 e. The monoisotopic (exact) mass is 251 g/mol. The van der Waals surface area contributed by atoms with Gasteiger partial charge in [0.05, 0.1) is 13.2 Å². The van der Waals surface area contributed by atoms with E-state index in [1.165, 1.54) is 5.56 Å². The first-order valence-electron chi connectivity index (χ1n) is 6.53. The Morgan fingerprint density at radius 2 is 1.83 bits per heavy atom. The summed E-state index contributed by atoms with van der Waals surface area (Å²) in [5.41, 5.74) is 1.43. The molecule has 0 radical (unpaired) electrons.